The lowest BCUT2D eigenvalue weighted by molar-refractivity contribution is 0.280. The fraction of sp³-hybridized carbons (Fsp3) is 0.643. The Morgan fingerprint density at radius 3 is 2.67 bits per heavy atom. The van der Waals surface area contributed by atoms with Crippen molar-refractivity contribution in [3.05, 3.63) is 22.3 Å². The molecule has 0 spiro atoms. The van der Waals surface area contributed by atoms with Crippen molar-refractivity contribution in [3.8, 4) is 0 Å². The minimum absolute atomic E-state index is 0.0369. The molecule has 1 aliphatic carbocycles. The molecule has 0 aromatic carbocycles. The Balaban J connectivity index is 2.15. The largest absolute Gasteiger partial charge is 0.392 e. The molecular weight excluding hydrogens is 292 g/mol. The molecule has 0 bridgehead atoms. The Morgan fingerprint density at radius 2 is 2.06 bits per heavy atom. The fourth-order valence-electron chi connectivity index (χ4n) is 2.71. The quantitative estimate of drug-likeness (QED) is 0.929. The van der Waals surface area contributed by atoms with Gasteiger partial charge >= 0.3 is 0 Å². The molecule has 1 aromatic heterocycles. The van der Waals surface area contributed by atoms with Crippen LogP contribution in [0.3, 0.4) is 0 Å². The smallest absolute Gasteiger partial charge is 0.134 e. The van der Waals surface area contributed by atoms with Crippen molar-refractivity contribution in [1.29, 1.82) is 0 Å². The molecule has 18 heavy (non-hydrogen) atoms. The summed E-state index contributed by atoms with van der Waals surface area (Å²) in [7, 11) is 2.09. The SMILES string of the molecule is CC1CCC(N(C)c2ncc(Br)cc2CO)CC1. The highest BCUT2D eigenvalue weighted by Gasteiger charge is 2.23. The van der Waals surface area contributed by atoms with Crippen LogP contribution in [0, 0.1) is 5.92 Å². The summed E-state index contributed by atoms with van der Waals surface area (Å²) in [6.45, 7) is 2.36. The van der Waals surface area contributed by atoms with E-state index in [1.165, 1.54) is 25.7 Å². The summed E-state index contributed by atoms with van der Waals surface area (Å²) < 4.78 is 0.918. The van der Waals surface area contributed by atoms with Gasteiger partial charge in [-0.3, -0.25) is 0 Å². The van der Waals surface area contributed by atoms with Crippen LogP contribution in [0.25, 0.3) is 0 Å². The molecular formula is C14H21BrN2O. The van der Waals surface area contributed by atoms with Crippen LogP contribution in [0.5, 0.6) is 0 Å². The van der Waals surface area contributed by atoms with E-state index in [1.807, 2.05) is 6.07 Å². The summed E-state index contributed by atoms with van der Waals surface area (Å²) in [6.07, 6.45) is 6.83. The van der Waals surface area contributed by atoms with Crippen LogP contribution in [-0.4, -0.2) is 23.2 Å². The molecule has 100 valence electrons. The first kappa shape index (κ1) is 13.8. The highest BCUT2D eigenvalue weighted by molar-refractivity contribution is 9.10. The maximum Gasteiger partial charge on any atom is 0.134 e. The summed E-state index contributed by atoms with van der Waals surface area (Å²) in [5.41, 5.74) is 0.894. The number of aromatic nitrogens is 1. The van der Waals surface area contributed by atoms with E-state index >= 15 is 0 Å². The van der Waals surface area contributed by atoms with Gasteiger partial charge in [0.15, 0.2) is 0 Å². The minimum Gasteiger partial charge on any atom is -0.392 e. The number of hydrogen-bond acceptors (Lipinski definition) is 3. The monoisotopic (exact) mass is 312 g/mol. The summed E-state index contributed by atoms with van der Waals surface area (Å²) in [4.78, 5) is 6.70. The number of hydrogen-bond donors (Lipinski definition) is 1. The van der Waals surface area contributed by atoms with E-state index in [9.17, 15) is 5.11 Å². The third-order valence-corrected chi connectivity index (χ3v) is 4.38. The summed E-state index contributed by atoms with van der Waals surface area (Å²) >= 11 is 3.40. The molecule has 1 aliphatic rings. The van der Waals surface area contributed by atoms with E-state index < -0.39 is 0 Å². The Bertz CT molecular complexity index is 403. The van der Waals surface area contributed by atoms with Crippen molar-refractivity contribution in [2.75, 3.05) is 11.9 Å². The second kappa shape index (κ2) is 6.02. The van der Waals surface area contributed by atoms with Crippen LogP contribution < -0.4 is 4.90 Å². The molecule has 0 unspecified atom stereocenters. The van der Waals surface area contributed by atoms with Crippen molar-refractivity contribution >= 4 is 21.7 Å². The van der Waals surface area contributed by atoms with Crippen molar-refractivity contribution < 1.29 is 5.11 Å². The van der Waals surface area contributed by atoms with Crippen LogP contribution in [0.15, 0.2) is 16.7 Å². The molecule has 1 aromatic rings. The molecule has 0 aliphatic heterocycles. The van der Waals surface area contributed by atoms with Gasteiger partial charge in [-0.15, -0.1) is 0 Å². The van der Waals surface area contributed by atoms with Gasteiger partial charge in [0.25, 0.3) is 0 Å². The van der Waals surface area contributed by atoms with E-state index in [4.69, 9.17) is 0 Å². The Labute approximate surface area is 117 Å². The average Bonchev–Trinajstić information content (AvgIpc) is 2.38. The third kappa shape index (κ3) is 3.04. The first-order valence-corrected chi connectivity index (χ1v) is 7.39. The van der Waals surface area contributed by atoms with Crippen molar-refractivity contribution in [3.63, 3.8) is 0 Å². The van der Waals surface area contributed by atoms with Gasteiger partial charge < -0.3 is 10.0 Å². The van der Waals surface area contributed by atoms with E-state index in [-0.39, 0.29) is 6.61 Å². The Morgan fingerprint density at radius 1 is 1.39 bits per heavy atom. The number of aliphatic hydroxyl groups excluding tert-OH is 1. The molecule has 0 amide bonds. The summed E-state index contributed by atoms with van der Waals surface area (Å²) in [5.74, 6) is 1.77. The number of aliphatic hydroxyl groups is 1. The second-order valence-corrected chi connectivity index (χ2v) is 6.23. The number of pyridine rings is 1. The summed E-state index contributed by atoms with van der Waals surface area (Å²) in [6, 6.07) is 2.50. The van der Waals surface area contributed by atoms with Gasteiger partial charge in [-0.2, -0.15) is 0 Å². The fourth-order valence-corrected chi connectivity index (χ4v) is 3.09. The van der Waals surface area contributed by atoms with Gasteiger partial charge in [-0.1, -0.05) is 6.92 Å². The zero-order valence-corrected chi connectivity index (χ0v) is 12.7. The van der Waals surface area contributed by atoms with Crippen molar-refractivity contribution in [1.82, 2.24) is 4.98 Å². The molecule has 0 radical (unpaired) electrons. The van der Waals surface area contributed by atoms with E-state index in [1.54, 1.807) is 6.20 Å². The number of nitrogens with zero attached hydrogens (tertiary/aromatic N) is 2. The van der Waals surface area contributed by atoms with Gasteiger partial charge in [0, 0.05) is 29.3 Å². The predicted molar refractivity (Wildman–Crippen MR) is 77.7 cm³/mol. The lowest BCUT2D eigenvalue weighted by atomic mass is 9.86. The first-order chi connectivity index (χ1) is 8.61. The standard InChI is InChI=1S/C14H21BrN2O/c1-10-3-5-13(6-4-10)17(2)14-11(9-18)7-12(15)8-16-14/h7-8,10,13,18H,3-6,9H2,1-2H3. The molecule has 0 atom stereocenters. The van der Waals surface area contributed by atoms with Gasteiger partial charge in [0.2, 0.25) is 0 Å². The number of halogens is 1. The highest BCUT2D eigenvalue weighted by Crippen LogP contribution is 2.30. The van der Waals surface area contributed by atoms with Crippen molar-refractivity contribution in [2.24, 2.45) is 5.92 Å². The van der Waals surface area contributed by atoms with Crippen LogP contribution in [-0.2, 0) is 6.61 Å². The Kier molecular flexibility index (Phi) is 4.62. The maximum absolute atomic E-state index is 9.44. The van der Waals surface area contributed by atoms with Crippen LogP contribution in [0.2, 0.25) is 0 Å². The summed E-state index contributed by atoms with van der Waals surface area (Å²) in [5, 5.41) is 9.44. The molecule has 0 saturated heterocycles. The van der Waals surface area contributed by atoms with Gasteiger partial charge in [0.05, 0.1) is 6.61 Å². The van der Waals surface area contributed by atoms with Gasteiger partial charge in [0.1, 0.15) is 5.82 Å². The molecule has 1 saturated carbocycles. The average molecular weight is 313 g/mol. The molecule has 1 heterocycles. The van der Waals surface area contributed by atoms with Crippen LogP contribution in [0.4, 0.5) is 5.82 Å². The number of rotatable bonds is 3. The maximum atomic E-state index is 9.44. The molecule has 2 rings (SSSR count). The molecule has 1 N–H and O–H groups in total. The zero-order valence-electron chi connectivity index (χ0n) is 11.1. The lowest BCUT2D eigenvalue weighted by Crippen LogP contribution is -2.36. The second-order valence-electron chi connectivity index (χ2n) is 5.32. The van der Waals surface area contributed by atoms with Gasteiger partial charge in [-0.05, 0) is 53.6 Å². The third-order valence-electron chi connectivity index (χ3n) is 3.95. The topological polar surface area (TPSA) is 36.4 Å². The normalized spacial score (nSPS) is 24.0. The Hall–Kier alpha value is -0.610. The van der Waals surface area contributed by atoms with Crippen molar-refractivity contribution in [2.45, 2.75) is 45.3 Å². The van der Waals surface area contributed by atoms with Crippen LogP contribution in [0.1, 0.15) is 38.2 Å². The van der Waals surface area contributed by atoms with E-state index in [0.717, 1.165) is 21.8 Å². The molecule has 4 heteroatoms. The highest BCUT2D eigenvalue weighted by atomic mass is 79.9. The number of anilines is 1. The predicted octanol–water partition coefficient (Wildman–Crippen LogP) is 3.35. The minimum atomic E-state index is 0.0369. The van der Waals surface area contributed by atoms with Crippen LogP contribution >= 0.6 is 15.9 Å². The van der Waals surface area contributed by atoms with E-state index in [0.29, 0.717) is 6.04 Å². The lowest BCUT2D eigenvalue weighted by Gasteiger charge is -2.35. The zero-order chi connectivity index (χ0) is 13.1. The molecule has 3 nitrogen and oxygen atoms in total. The van der Waals surface area contributed by atoms with Gasteiger partial charge in [-0.25, -0.2) is 4.98 Å². The first-order valence-electron chi connectivity index (χ1n) is 6.60. The molecule has 1 fully saturated rings. The van der Waals surface area contributed by atoms with E-state index in [2.05, 4.69) is 39.8 Å².